The van der Waals surface area contributed by atoms with Gasteiger partial charge < -0.3 is 4.18 Å². The summed E-state index contributed by atoms with van der Waals surface area (Å²) in [6, 6.07) is 16.0. The van der Waals surface area contributed by atoms with Crippen LogP contribution in [0.15, 0.2) is 88.7 Å². The van der Waals surface area contributed by atoms with Crippen LogP contribution in [0.25, 0.3) is 22.4 Å². The van der Waals surface area contributed by atoms with Crippen LogP contribution in [0.3, 0.4) is 0 Å². The van der Waals surface area contributed by atoms with Crippen molar-refractivity contribution in [2.75, 3.05) is 6.26 Å². The predicted octanol–water partition coefficient (Wildman–Crippen LogP) is 5.14. The van der Waals surface area contributed by atoms with E-state index in [4.69, 9.17) is 4.18 Å². The summed E-state index contributed by atoms with van der Waals surface area (Å²) in [4.78, 5) is 6.43. The lowest BCUT2D eigenvalue weighted by Gasteiger charge is -2.17. The molecule has 0 unspecified atom stereocenters. The Balaban J connectivity index is 2.00. The molecule has 4 rings (SSSR count). The molecule has 0 radical (unpaired) electrons. The fourth-order valence-corrected chi connectivity index (χ4v) is 4.84. The standard InChI is InChI=1S/C24H16F4N2O5S2/c1-36(31,32)18-11-7-16(8-12-18)21-20(15-5-3-2-4-6-15)22(30-23(29-21)24(26,27)28)35-37(33,34)19-13-9-17(25)10-14-19/h2-14H,1H3. The Labute approximate surface area is 209 Å². The highest BCUT2D eigenvalue weighted by Gasteiger charge is 2.38. The van der Waals surface area contributed by atoms with Gasteiger partial charge in [0.2, 0.25) is 11.7 Å². The second kappa shape index (κ2) is 9.56. The number of rotatable bonds is 6. The van der Waals surface area contributed by atoms with Crippen molar-refractivity contribution < 1.29 is 38.6 Å². The van der Waals surface area contributed by atoms with Gasteiger partial charge in [-0.3, -0.25) is 0 Å². The monoisotopic (exact) mass is 552 g/mol. The lowest BCUT2D eigenvalue weighted by atomic mass is 10.00. The quantitative estimate of drug-likeness (QED) is 0.241. The topological polar surface area (TPSA) is 103 Å². The van der Waals surface area contributed by atoms with E-state index in [0.717, 1.165) is 30.5 Å². The van der Waals surface area contributed by atoms with Crippen molar-refractivity contribution in [1.82, 2.24) is 9.97 Å². The Bertz CT molecular complexity index is 1660. The SMILES string of the molecule is CS(=O)(=O)c1ccc(-c2nc(C(F)(F)F)nc(OS(=O)(=O)c3ccc(F)cc3)c2-c2ccccc2)cc1. The van der Waals surface area contributed by atoms with Crippen molar-refractivity contribution in [2.24, 2.45) is 0 Å². The minimum atomic E-state index is -5.09. The van der Waals surface area contributed by atoms with E-state index in [9.17, 15) is 34.4 Å². The number of halogens is 4. The average molecular weight is 553 g/mol. The summed E-state index contributed by atoms with van der Waals surface area (Å²) in [5.41, 5.74) is -0.268. The van der Waals surface area contributed by atoms with Gasteiger partial charge in [0.05, 0.1) is 16.2 Å². The summed E-state index contributed by atoms with van der Waals surface area (Å²) in [7, 11) is -8.36. The molecular formula is C24H16F4N2O5S2. The lowest BCUT2D eigenvalue weighted by molar-refractivity contribution is -0.145. The van der Waals surface area contributed by atoms with Gasteiger partial charge in [-0.1, -0.05) is 42.5 Å². The lowest BCUT2D eigenvalue weighted by Crippen LogP contribution is -2.17. The third kappa shape index (κ3) is 5.78. The highest BCUT2D eigenvalue weighted by Crippen LogP contribution is 2.41. The largest absolute Gasteiger partial charge is 0.451 e. The van der Waals surface area contributed by atoms with E-state index in [1.165, 1.54) is 36.4 Å². The van der Waals surface area contributed by atoms with Crippen LogP contribution in [0.1, 0.15) is 5.82 Å². The number of alkyl halides is 3. The van der Waals surface area contributed by atoms with Crippen molar-refractivity contribution in [3.8, 4) is 28.3 Å². The predicted molar refractivity (Wildman–Crippen MR) is 125 cm³/mol. The third-order valence-corrected chi connectivity index (χ3v) is 7.39. The maximum Gasteiger partial charge on any atom is 0.451 e. The molecule has 0 aliphatic heterocycles. The highest BCUT2D eigenvalue weighted by molar-refractivity contribution is 7.90. The fourth-order valence-electron chi connectivity index (χ4n) is 3.31. The minimum Gasteiger partial charge on any atom is -0.357 e. The number of nitrogens with zero attached hydrogens (tertiary/aromatic N) is 2. The van der Waals surface area contributed by atoms with Gasteiger partial charge in [-0.05, 0) is 42.0 Å². The van der Waals surface area contributed by atoms with Crippen LogP contribution >= 0.6 is 0 Å². The molecule has 13 heteroatoms. The summed E-state index contributed by atoms with van der Waals surface area (Å²) in [6.45, 7) is 0. The smallest absolute Gasteiger partial charge is 0.357 e. The zero-order valence-corrected chi connectivity index (χ0v) is 20.4. The molecule has 0 bridgehead atoms. The van der Waals surface area contributed by atoms with Gasteiger partial charge in [0.15, 0.2) is 9.84 Å². The first-order valence-electron chi connectivity index (χ1n) is 10.3. The normalized spacial score (nSPS) is 12.4. The highest BCUT2D eigenvalue weighted by atomic mass is 32.2. The van der Waals surface area contributed by atoms with Crippen LogP contribution in [-0.4, -0.2) is 33.1 Å². The molecule has 0 aliphatic carbocycles. The van der Waals surface area contributed by atoms with Crippen molar-refractivity contribution >= 4 is 20.0 Å². The molecule has 192 valence electrons. The molecule has 7 nitrogen and oxygen atoms in total. The van der Waals surface area contributed by atoms with Gasteiger partial charge in [0.1, 0.15) is 10.7 Å². The Kier molecular flexibility index (Phi) is 6.78. The first-order valence-corrected chi connectivity index (χ1v) is 13.6. The van der Waals surface area contributed by atoms with E-state index in [1.54, 1.807) is 18.2 Å². The first kappa shape index (κ1) is 26.2. The maximum absolute atomic E-state index is 13.8. The number of hydrogen-bond acceptors (Lipinski definition) is 7. The summed E-state index contributed by atoms with van der Waals surface area (Å²) in [5, 5.41) is 0. The van der Waals surface area contributed by atoms with Gasteiger partial charge in [0.25, 0.3) is 0 Å². The zero-order chi connectivity index (χ0) is 27.0. The molecule has 37 heavy (non-hydrogen) atoms. The molecular weight excluding hydrogens is 536 g/mol. The molecule has 3 aromatic carbocycles. The van der Waals surface area contributed by atoms with Gasteiger partial charge >= 0.3 is 16.3 Å². The minimum absolute atomic E-state index is 0.0446. The van der Waals surface area contributed by atoms with E-state index >= 15 is 0 Å². The molecule has 0 fully saturated rings. The summed E-state index contributed by atoms with van der Waals surface area (Å²) < 4.78 is 109. The van der Waals surface area contributed by atoms with Gasteiger partial charge in [-0.15, -0.1) is 0 Å². The van der Waals surface area contributed by atoms with Crippen LogP contribution < -0.4 is 4.18 Å². The number of aromatic nitrogens is 2. The molecule has 0 N–H and O–H groups in total. The van der Waals surface area contributed by atoms with E-state index in [1.807, 2.05) is 0 Å². The van der Waals surface area contributed by atoms with Crippen LogP contribution in [0.2, 0.25) is 0 Å². The van der Waals surface area contributed by atoms with Crippen LogP contribution in [-0.2, 0) is 26.1 Å². The van der Waals surface area contributed by atoms with Gasteiger partial charge in [0, 0.05) is 11.8 Å². The van der Waals surface area contributed by atoms with Crippen molar-refractivity contribution in [2.45, 2.75) is 16.0 Å². The zero-order valence-electron chi connectivity index (χ0n) is 18.8. The Hall–Kier alpha value is -3.84. The van der Waals surface area contributed by atoms with E-state index < -0.39 is 48.5 Å². The average Bonchev–Trinajstić information content (AvgIpc) is 2.83. The first-order chi connectivity index (χ1) is 17.3. The fraction of sp³-hybridized carbons (Fsp3) is 0.0833. The van der Waals surface area contributed by atoms with Gasteiger partial charge in [-0.2, -0.15) is 26.6 Å². The molecule has 0 atom stereocenters. The molecule has 0 aliphatic rings. The van der Waals surface area contributed by atoms with Crippen molar-refractivity contribution in [3.05, 3.63) is 90.5 Å². The van der Waals surface area contributed by atoms with Gasteiger partial charge in [-0.25, -0.2) is 17.8 Å². The van der Waals surface area contributed by atoms with Crippen molar-refractivity contribution in [1.29, 1.82) is 0 Å². The van der Waals surface area contributed by atoms with E-state index in [-0.39, 0.29) is 27.3 Å². The number of hydrogen-bond donors (Lipinski definition) is 0. The van der Waals surface area contributed by atoms with Crippen molar-refractivity contribution in [3.63, 3.8) is 0 Å². The second-order valence-corrected chi connectivity index (χ2v) is 11.3. The third-order valence-electron chi connectivity index (χ3n) is 5.04. The summed E-state index contributed by atoms with van der Waals surface area (Å²) in [5.74, 6) is -3.33. The number of benzene rings is 3. The molecule has 1 heterocycles. The Morgan fingerprint density at radius 2 is 1.30 bits per heavy atom. The molecule has 0 saturated carbocycles. The molecule has 0 saturated heterocycles. The molecule has 0 amide bonds. The Morgan fingerprint density at radius 1 is 0.730 bits per heavy atom. The van der Waals surface area contributed by atoms with E-state index in [2.05, 4.69) is 9.97 Å². The Morgan fingerprint density at radius 3 is 1.84 bits per heavy atom. The number of sulfone groups is 1. The molecule has 1 aromatic heterocycles. The van der Waals surface area contributed by atoms with Crippen LogP contribution in [0, 0.1) is 5.82 Å². The maximum atomic E-state index is 13.8. The summed E-state index contributed by atoms with van der Waals surface area (Å²) in [6.07, 6.45) is -4.12. The molecule has 0 spiro atoms. The summed E-state index contributed by atoms with van der Waals surface area (Å²) >= 11 is 0. The van der Waals surface area contributed by atoms with E-state index in [0.29, 0.717) is 0 Å². The van der Waals surface area contributed by atoms with Crippen LogP contribution in [0.5, 0.6) is 5.88 Å². The second-order valence-electron chi connectivity index (χ2n) is 7.73. The molecule has 4 aromatic rings. The van der Waals surface area contributed by atoms with Crippen LogP contribution in [0.4, 0.5) is 17.6 Å².